The van der Waals surface area contributed by atoms with Gasteiger partial charge in [-0.2, -0.15) is 0 Å². The molecule has 0 spiro atoms. The highest BCUT2D eigenvalue weighted by Crippen LogP contribution is 2.36. The summed E-state index contributed by atoms with van der Waals surface area (Å²) in [7, 11) is 0. The molecule has 0 saturated carbocycles. The quantitative estimate of drug-likeness (QED) is 0.319. The van der Waals surface area contributed by atoms with Crippen LogP contribution in [0.15, 0.2) is 90.7 Å². The molecule has 0 aromatic heterocycles. The van der Waals surface area contributed by atoms with Crippen LogP contribution in [-0.4, -0.2) is 23.9 Å². The SMILES string of the molecule is CC(C)(c1ccc(OC2=CC3C(=O)OC(=O)C3C=C2)cc1)c1ccc(Oc2ccc3c(c2)C(=O)OC3=O)cc1. The number of carbonyl (C=O) groups excluding carboxylic acids is 4. The average molecular weight is 523 g/mol. The third-order valence-electron chi connectivity index (χ3n) is 7.18. The van der Waals surface area contributed by atoms with E-state index in [-0.39, 0.29) is 16.5 Å². The Balaban J connectivity index is 1.14. The van der Waals surface area contributed by atoms with Crippen LogP contribution in [0.5, 0.6) is 17.2 Å². The standard InChI is InChI=1S/C31H22O8/c1-31(2,17-3-7-19(8-4-17)36-21-11-13-23-25(15-21)29(34)38-27(23)32)18-5-9-20(10-6-18)37-22-12-14-24-26(16-22)30(35)39-28(24)33/h3-16,23,25H,1-2H3. The molecule has 39 heavy (non-hydrogen) atoms. The maximum absolute atomic E-state index is 11.9. The van der Waals surface area contributed by atoms with E-state index in [1.54, 1.807) is 24.3 Å². The van der Waals surface area contributed by atoms with Gasteiger partial charge in [0.15, 0.2) is 0 Å². The number of ether oxygens (including phenoxy) is 4. The van der Waals surface area contributed by atoms with Gasteiger partial charge in [-0.15, -0.1) is 0 Å². The molecule has 1 fully saturated rings. The molecular weight excluding hydrogens is 500 g/mol. The lowest BCUT2D eigenvalue weighted by atomic mass is 9.78. The molecule has 2 unspecified atom stereocenters. The number of cyclic esters (lactones) is 4. The zero-order valence-electron chi connectivity index (χ0n) is 21.0. The van der Waals surface area contributed by atoms with Gasteiger partial charge < -0.3 is 18.9 Å². The Morgan fingerprint density at radius 3 is 1.87 bits per heavy atom. The lowest BCUT2D eigenvalue weighted by Crippen LogP contribution is -2.19. The first-order valence-electron chi connectivity index (χ1n) is 12.3. The fourth-order valence-corrected chi connectivity index (χ4v) is 4.84. The lowest BCUT2D eigenvalue weighted by molar-refractivity contribution is -0.153. The van der Waals surface area contributed by atoms with Crippen LogP contribution < -0.4 is 9.47 Å². The zero-order valence-corrected chi connectivity index (χ0v) is 21.0. The van der Waals surface area contributed by atoms with Crippen molar-refractivity contribution in [1.82, 2.24) is 0 Å². The molecule has 1 saturated heterocycles. The number of fused-ring (bicyclic) bond motifs is 2. The van der Waals surface area contributed by atoms with Crippen LogP contribution in [0.2, 0.25) is 0 Å². The summed E-state index contributed by atoms with van der Waals surface area (Å²) in [5.41, 5.74) is 2.21. The van der Waals surface area contributed by atoms with E-state index in [1.165, 1.54) is 12.1 Å². The highest BCUT2D eigenvalue weighted by Gasteiger charge is 2.43. The van der Waals surface area contributed by atoms with Crippen molar-refractivity contribution in [3.05, 3.63) is 113 Å². The van der Waals surface area contributed by atoms with Gasteiger partial charge in [0.2, 0.25) is 0 Å². The second-order valence-corrected chi connectivity index (χ2v) is 9.98. The summed E-state index contributed by atoms with van der Waals surface area (Å²) >= 11 is 0. The van der Waals surface area contributed by atoms with Crippen molar-refractivity contribution >= 4 is 23.9 Å². The molecule has 2 heterocycles. The van der Waals surface area contributed by atoms with Crippen molar-refractivity contribution < 1.29 is 38.1 Å². The number of hydrogen-bond acceptors (Lipinski definition) is 8. The van der Waals surface area contributed by atoms with Crippen LogP contribution in [0.4, 0.5) is 0 Å². The molecule has 6 rings (SSSR count). The van der Waals surface area contributed by atoms with Crippen molar-refractivity contribution in [2.24, 2.45) is 11.8 Å². The fourth-order valence-electron chi connectivity index (χ4n) is 4.84. The molecule has 8 nitrogen and oxygen atoms in total. The Hall–Kier alpha value is -4.98. The summed E-state index contributed by atoms with van der Waals surface area (Å²) in [5, 5.41) is 0. The predicted molar refractivity (Wildman–Crippen MR) is 137 cm³/mol. The highest BCUT2D eigenvalue weighted by atomic mass is 16.6. The summed E-state index contributed by atoms with van der Waals surface area (Å²) in [5.74, 6) is -1.55. The summed E-state index contributed by atoms with van der Waals surface area (Å²) in [6, 6.07) is 20.0. The average Bonchev–Trinajstić information content (AvgIpc) is 3.37. The predicted octanol–water partition coefficient (Wildman–Crippen LogP) is 5.26. The highest BCUT2D eigenvalue weighted by molar-refractivity contribution is 6.14. The molecule has 3 aliphatic rings. The van der Waals surface area contributed by atoms with E-state index in [2.05, 4.69) is 18.6 Å². The molecule has 2 atom stereocenters. The van der Waals surface area contributed by atoms with Crippen LogP contribution in [0.3, 0.4) is 0 Å². The van der Waals surface area contributed by atoms with Crippen molar-refractivity contribution in [1.29, 1.82) is 0 Å². The van der Waals surface area contributed by atoms with Gasteiger partial charge in [0.25, 0.3) is 0 Å². The molecular formula is C31H22O8. The van der Waals surface area contributed by atoms with Crippen LogP contribution in [0.25, 0.3) is 0 Å². The first-order chi connectivity index (χ1) is 18.7. The smallest absolute Gasteiger partial charge is 0.347 e. The van der Waals surface area contributed by atoms with E-state index in [0.29, 0.717) is 23.0 Å². The Morgan fingerprint density at radius 2 is 1.21 bits per heavy atom. The molecule has 8 heteroatoms. The maximum Gasteiger partial charge on any atom is 0.347 e. The monoisotopic (exact) mass is 522 g/mol. The van der Waals surface area contributed by atoms with Crippen molar-refractivity contribution in [2.75, 3.05) is 0 Å². The molecule has 1 aliphatic carbocycles. The molecule has 0 amide bonds. The molecule has 0 bridgehead atoms. The second-order valence-electron chi connectivity index (χ2n) is 9.98. The molecule has 0 N–H and O–H groups in total. The first-order valence-corrected chi connectivity index (χ1v) is 12.3. The number of allylic oxidation sites excluding steroid dienone is 1. The van der Waals surface area contributed by atoms with Gasteiger partial charge in [-0.3, -0.25) is 9.59 Å². The summed E-state index contributed by atoms with van der Waals surface area (Å²) in [4.78, 5) is 47.0. The summed E-state index contributed by atoms with van der Waals surface area (Å²) in [6.45, 7) is 4.22. The lowest BCUT2D eigenvalue weighted by Gasteiger charge is -2.26. The minimum absolute atomic E-state index is 0.193. The van der Waals surface area contributed by atoms with Crippen LogP contribution in [0, 0.1) is 11.8 Å². The minimum Gasteiger partial charge on any atom is -0.458 e. The van der Waals surface area contributed by atoms with Gasteiger partial charge in [-0.1, -0.05) is 44.2 Å². The van der Waals surface area contributed by atoms with Gasteiger partial charge in [-0.05, 0) is 65.7 Å². The van der Waals surface area contributed by atoms with Gasteiger partial charge in [-0.25, -0.2) is 9.59 Å². The van der Waals surface area contributed by atoms with E-state index in [9.17, 15) is 19.2 Å². The minimum atomic E-state index is -0.676. The number of rotatable bonds is 6. The van der Waals surface area contributed by atoms with E-state index < -0.39 is 35.7 Å². The molecule has 2 aliphatic heterocycles. The third kappa shape index (κ3) is 4.40. The molecule has 3 aromatic rings. The fraction of sp³-hybridized carbons (Fsp3) is 0.161. The van der Waals surface area contributed by atoms with E-state index >= 15 is 0 Å². The van der Waals surface area contributed by atoms with E-state index in [0.717, 1.165) is 11.1 Å². The Morgan fingerprint density at radius 1 is 0.641 bits per heavy atom. The van der Waals surface area contributed by atoms with Crippen LogP contribution in [0.1, 0.15) is 45.7 Å². The molecule has 3 aromatic carbocycles. The third-order valence-corrected chi connectivity index (χ3v) is 7.18. The van der Waals surface area contributed by atoms with Crippen molar-refractivity contribution in [3.63, 3.8) is 0 Å². The molecule has 0 radical (unpaired) electrons. The first kappa shape index (κ1) is 24.4. The van der Waals surface area contributed by atoms with E-state index in [1.807, 2.05) is 48.5 Å². The number of esters is 4. The number of hydrogen-bond donors (Lipinski definition) is 0. The number of benzene rings is 3. The van der Waals surface area contributed by atoms with Gasteiger partial charge in [0.1, 0.15) is 23.0 Å². The molecule has 194 valence electrons. The van der Waals surface area contributed by atoms with Gasteiger partial charge in [0.05, 0.1) is 23.0 Å². The Kier molecular flexibility index (Phi) is 5.68. The zero-order chi connectivity index (χ0) is 27.3. The topological polar surface area (TPSA) is 105 Å². The van der Waals surface area contributed by atoms with Gasteiger partial charge >= 0.3 is 23.9 Å². The van der Waals surface area contributed by atoms with Gasteiger partial charge in [0, 0.05) is 5.41 Å². The largest absolute Gasteiger partial charge is 0.458 e. The van der Waals surface area contributed by atoms with Crippen molar-refractivity contribution in [3.8, 4) is 17.2 Å². The Labute approximate surface area is 223 Å². The summed E-state index contributed by atoms with van der Waals surface area (Å²) in [6.07, 6.45) is 4.93. The normalized spacial score (nSPS) is 19.7. The van der Waals surface area contributed by atoms with E-state index in [4.69, 9.17) is 14.2 Å². The maximum atomic E-state index is 11.9. The number of carbonyl (C=O) groups is 4. The van der Waals surface area contributed by atoms with Crippen molar-refractivity contribution in [2.45, 2.75) is 19.3 Å². The summed E-state index contributed by atoms with van der Waals surface area (Å²) < 4.78 is 21.1. The Bertz CT molecular complexity index is 1590. The van der Waals surface area contributed by atoms with Crippen LogP contribution >= 0.6 is 0 Å². The second kappa shape index (κ2) is 9.09. The van der Waals surface area contributed by atoms with Crippen LogP contribution in [-0.2, 0) is 24.5 Å².